The molecule has 0 atom stereocenters. The minimum atomic E-state index is -0.521. The number of nitrogens with one attached hydrogen (secondary N) is 2. The van der Waals surface area contributed by atoms with Gasteiger partial charge in [-0.1, -0.05) is 38.1 Å². The van der Waals surface area contributed by atoms with Gasteiger partial charge in [-0.05, 0) is 101 Å². The van der Waals surface area contributed by atoms with Gasteiger partial charge in [0.15, 0.2) is 0 Å². The number of aryl methyl sites for hydroxylation is 1. The average Bonchev–Trinajstić information content (AvgIpc) is 2.94. The topological polar surface area (TPSA) is 68.8 Å². The zero-order valence-electron chi connectivity index (χ0n) is 27.1. The molecule has 1 aliphatic rings. The maximum absolute atomic E-state index is 12.2. The number of hydrogen-bond donors (Lipinski definition) is 2. The van der Waals surface area contributed by atoms with Gasteiger partial charge in [-0.25, -0.2) is 13.6 Å². The molecule has 2 N–H and O–H groups in total. The molecule has 6 nitrogen and oxygen atoms in total. The van der Waals surface area contributed by atoms with Crippen molar-refractivity contribution in [3.63, 3.8) is 0 Å². The van der Waals surface area contributed by atoms with E-state index in [0.29, 0.717) is 37.3 Å². The summed E-state index contributed by atoms with van der Waals surface area (Å²) in [5, 5.41) is 6.71. The Kier molecular flexibility index (Phi) is 17.1. The Morgan fingerprint density at radius 3 is 2.19 bits per heavy atom. The molecular formula is C35H52F2N2O4. The van der Waals surface area contributed by atoms with Crippen molar-refractivity contribution in [2.45, 2.75) is 96.8 Å². The number of rotatable bonds is 11. The molecule has 0 unspecified atom stereocenters. The van der Waals surface area contributed by atoms with Crippen molar-refractivity contribution in [1.29, 1.82) is 0 Å². The molecule has 1 saturated carbocycles. The second-order valence-corrected chi connectivity index (χ2v) is 12.1. The third-order valence-corrected chi connectivity index (χ3v) is 7.03. The van der Waals surface area contributed by atoms with Crippen molar-refractivity contribution in [3.05, 3.63) is 70.8 Å². The summed E-state index contributed by atoms with van der Waals surface area (Å²) in [4.78, 5) is 11.9. The molecule has 2 aromatic rings. The Morgan fingerprint density at radius 2 is 1.65 bits per heavy atom. The highest BCUT2D eigenvalue weighted by Crippen LogP contribution is 2.39. The summed E-state index contributed by atoms with van der Waals surface area (Å²) in [7, 11) is 1.71. The summed E-state index contributed by atoms with van der Waals surface area (Å²) < 4.78 is 40.8. The van der Waals surface area contributed by atoms with Gasteiger partial charge in [0.05, 0.1) is 19.3 Å². The van der Waals surface area contributed by atoms with Crippen LogP contribution < -0.4 is 10.6 Å². The first-order valence-electron chi connectivity index (χ1n) is 15.0. The first kappa shape index (κ1) is 38.0. The van der Waals surface area contributed by atoms with Crippen LogP contribution in [0.15, 0.2) is 42.5 Å². The number of ether oxygens (including phenoxy) is 3. The third-order valence-electron chi connectivity index (χ3n) is 7.03. The van der Waals surface area contributed by atoms with Gasteiger partial charge in [-0.2, -0.15) is 0 Å². The fraction of sp³-hybridized carbons (Fsp3) is 0.571. The fourth-order valence-electron chi connectivity index (χ4n) is 4.92. The zero-order chi connectivity index (χ0) is 32.5. The Hall–Kier alpha value is -2.99. The van der Waals surface area contributed by atoms with E-state index >= 15 is 0 Å². The van der Waals surface area contributed by atoms with Crippen molar-refractivity contribution in [3.8, 4) is 12.8 Å². The standard InChI is InChI=1S/C26H44N2O4.C7H6F2.C2H2/c1-20(2)21-9-7-10-22(19-21)26(13-11-23(12-14-26)31-18-17-30-6)28-16-8-15-27-24(29)32-25(3,4)5;1-5-2-6(8)4-7(9)3-5;1-2/h7,9-10,19-20,23,28H,8,11-18H2,1-6H3,(H,27,29);2-4H,1H3;1-2H. The van der Waals surface area contributed by atoms with Crippen molar-refractivity contribution in [1.82, 2.24) is 10.6 Å². The summed E-state index contributed by atoms with van der Waals surface area (Å²) >= 11 is 0. The Labute approximate surface area is 258 Å². The van der Waals surface area contributed by atoms with Crippen molar-refractivity contribution < 1.29 is 27.8 Å². The highest BCUT2D eigenvalue weighted by Gasteiger charge is 2.37. The van der Waals surface area contributed by atoms with Crippen LogP contribution in [-0.2, 0) is 19.7 Å². The van der Waals surface area contributed by atoms with Crippen LogP contribution in [0.5, 0.6) is 0 Å². The first-order chi connectivity index (χ1) is 20.3. The van der Waals surface area contributed by atoms with Crippen LogP contribution in [0.25, 0.3) is 0 Å². The monoisotopic (exact) mass is 602 g/mol. The van der Waals surface area contributed by atoms with E-state index in [2.05, 4.69) is 61.6 Å². The minimum Gasteiger partial charge on any atom is -0.444 e. The normalized spacial score (nSPS) is 18.1. The predicted molar refractivity (Wildman–Crippen MR) is 170 cm³/mol. The average molecular weight is 603 g/mol. The van der Waals surface area contributed by atoms with E-state index in [9.17, 15) is 13.6 Å². The van der Waals surface area contributed by atoms with Crippen molar-refractivity contribution in [2.75, 3.05) is 33.4 Å². The largest absolute Gasteiger partial charge is 0.444 e. The van der Waals surface area contributed by atoms with Crippen LogP contribution in [0.3, 0.4) is 0 Å². The lowest BCUT2D eigenvalue weighted by atomic mass is 9.74. The summed E-state index contributed by atoms with van der Waals surface area (Å²) in [6.07, 6.45) is 12.9. The molecule has 1 aliphatic carbocycles. The van der Waals surface area contributed by atoms with Crippen LogP contribution in [-0.4, -0.2) is 51.2 Å². The molecule has 43 heavy (non-hydrogen) atoms. The number of terminal acetylenes is 1. The fourth-order valence-corrected chi connectivity index (χ4v) is 4.92. The molecule has 0 heterocycles. The summed E-state index contributed by atoms with van der Waals surface area (Å²) in [6, 6.07) is 12.4. The van der Waals surface area contributed by atoms with Crippen LogP contribution in [0, 0.1) is 31.4 Å². The number of halogens is 2. The van der Waals surface area contributed by atoms with Gasteiger partial charge >= 0.3 is 6.09 Å². The van der Waals surface area contributed by atoms with Crippen molar-refractivity contribution >= 4 is 6.09 Å². The predicted octanol–water partition coefficient (Wildman–Crippen LogP) is 7.64. The van der Waals surface area contributed by atoms with Crippen molar-refractivity contribution in [2.24, 2.45) is 0 Å². The smallest absolute Gasteiger partial charge is 0.407 e. The van der Waals surface area contributed by atoms with Crippen LogP contribution in [0.1, 0.15) is 89.3 Å². The molecule has 0 spiro atoms. The molecule has 0 aliphatic heterocycles. The number of carbonyl (C=O) groups is 1. The van der Waals surface area contributed by atoms with Gasteiger partial charge in [0.25, 0.3) is 0 Å². The molecule has 8 heteroatoms. The molecule has 0 aromatic heterocycles. The van der Waals surface area contributed by atoms with Gasteiger partial charge in [-0.3, -0.25) is 0 Å². The zero-order valence-corrected chi connectivity index (χ0v) is 27.1. The van der Waals surface area contributed by atoms with E-state index in [1.807, 2.05) is 20.8 Å². The quantitative estimate of drug-likeness (QED) is 0.204. The molecule has 1 amide bonds. The number of hydrogen-bond acceptors (Lipinski definition) is 5. The minimum absolute atomic E-state index is 0.0576. The van der Waals surface area contributed by atoms with E-state index < -0.39 is 17.2 Å². The van der Waals surface area contributed by atoms with Crippen LogP contribution >= 0.6 is 0 Å². The van der Waals surface area contributed by atoms with E-state index in [4.69, 9.17) is 14.2 Å². The molecule has 0 saturated heterocycles. The second-order valence-electron chi connectivity index (χ2n) is 12.1. The molecule has 2 aromatic carbocycles. The molecule has 240 valence electrons. The summed E-state index contributed by atoms with van der Waals surface area (Å²) in [5.74, 6) is -0.543. The maximum Gasteiger partial charge on any atom is 0.407 e. The van der Waals surface area contributed by atoms with E-state index in [1.54, 1.807) is 14.0 Å². The maximum atomic E-state index is 12.2. The van der Waals surface area contributed by atoms with E-state index in [0.717, 1.165) is 44.7 Å². The lowest BCUT2D eigenvalue weighted by Gasteiger charge is -2.42. The molecular weight excluding hydrogens is 550 g/mol. The number of alkyl carbamates (subject to hydrolysis) is 1. The SMILES string of the molecule is C#C.COCCOC1CCC(NCCCNC(=O)OC(C)(C)C)(c2cccc(C(C)C)c2)CC1.Cc1cc(F)cc(F)c1. The highest BCUT2D eigenvalue weighted by atomic mass is 19.1. The van der Waals surface area contributed by atoms with Gasteiger partial charge in [-0.15, -0.1) is 12.8 Å². The van der Waals surface area contributed by atoms with Gasteiger partial charge in [0.1, 0.15) is 17.2 Å². The summed E-state index contributed by atoms with van der Waals surface area (Å²) in [5.41, 5.74) is 2.80. The van der Waals surface area contributed by atoms with E-state index in [1.165, 1.54) is 23.3 Å². The summed E-state index contributed by atoms with van der Waals surface area (Å²) in [6.45, 7) is 14.5. The van der Waals surface area contributed by atoms with Crippen LogP contribution in [0.2, 0.25) is 0 Å². The number of carbonyl (C=O) groups excluding carboxylic acids is 1. The lowest BCUT2D eigenvalue weighted by Crippen LogP contribution is -2.47. The molecule has 0 bridgehead atoms. The molecule has 3 rings (SSSR count). The molecule has 1 fully saturated rings. The highest BCUT2D eigenvalue weighted by molar-refractivity contribution is 5.67. The second kappa shape index (κ2) is 19.3. The van der Waals surface area contributed by atoms with Crippen LogP contribution in [0.4, 0.5) is 13.6 Å². The number of methoxy groups -OCH3 is 1. The molecule has 0 radical (unpaired) electrons. The van der Waals surface area contributed by atoms with Gasteiger partial charge in [0, 0.05) is 25.3 Å². The van der Waals surface area contributed by atoms with Gasteiger partial charge in [0.2, 0.25) is 0 Å². The Balaban J connectivity index is 0.000000707. The lowest BCUT2D eigenvalue weighted by molar-refractivity contribution is -0.0156. The number of benzene rings is 2. The van der Waals surface area contributed by atoms with E-state index in [-0.39, 0.29) is 11.6 Å². The first-order valence-corrected chi connectivity index (χ1v) is 15.0. The Bertz CT molecular complexity index is 1060. The number of amides is 1. The third kappa shape index (κ3) is 14.8. The van der Waals surface area contributed by atoms with Gasteiger partial charge < -0.3 is 24.8 Å². The Morgan fingerprint density at radius 1 is 1.02 bits per heavy atom.